The van der Waals surface area contributed by atoms with Crippen LogP contribution in [-0.4, -0.2) is 70.7 Å². The third kappa shape index (κ3) is 4.92. The van der Waals surface area contributed by atoms with Crippen molar-refractivity contribution in [3.63, 3.8) is 0 Å². The number of rotatable bonds is 5. The summed E-state index contributed by atoms with van der Waals surface area (Å²) < 4.78 is 29.6. The number of carbonyl (C=O) groups is 1. The lowest BCUT2D eigenvalue weighted by Crippen LogP contribution is -2.51. The number of sulfonamides is 1. The first-order valence-electron chi connectivity index (χ1n) is 7.37. The lowest BCUT2D eigenvalue weighted by molar-refractivity contribution is -0.132. The zero-order valence-electron chi connectivity index (χ0n) is 13.7. The van der Waals surface area contributed by atoms with E-state index in [0.717, 1.165) is 24.1 Å². The molecule has 23 heavy (non-hydrogen) atoms. The van der Waals surface area contributed by atoms with Crippen molar-refractivity contribution in [2.45, 2.75) is 6.04 Å². The van der Waals surface area contributed by atoms with Gasteiger partial charge in [-0.05, 0) is 24.7 Å². The summed E-state index contributed by atoms with van der Waals surface area (Å²) in [4.78, 5) is 16.1. The van der Waals surface area contributed by atoms with Crippen LogP contribution in [0.25, 0.3) is 0 Å². The molecule has 0 spiro atoms. The molecular formula is C15H23N3O4S. The third-order valence-corrected chi connectivity index (χ3v) is 4.66. The maximum atomic E-state index is 12.2. The van der Waals surface area contributed by atoms with Crippen molar-refractivity contribution >= 4 is 15.9 Å². The molecule has 1 saturated heterocycles. The molecule has 7 nitrogen and oxygen atoms in total. The lowest BCUT2D eigenvalue weighted by Gasteiger charge is -2.39. The highest BCUT2D eigenvalue weighted by atomic mass is 32.2. The molecule has 1 aliphatic rings. The largest absolute Gasteiger partial charge is 0.497 e. The molecule has 0 saturated carbocycles. The molecule has 0 radical (unpaired) electrons. The molecule has 0 bridgehead atoms. The molecule has 1 aromatic carbocycles. The number of hydrogen-bond acceptors (Lipinski definition) is 5. The standard InChI is InChI=1S/C15H23N3O4S/c1-17-8-9-18(15(19)10-16-23(3,20)21)11-14(17)12-4-6-13(22-2)7-5-12/h4-7,14,16H,8-11H2,1-3H3/t14-/m0/s1. The van der Waals surface area contributed by atoms with Crippen LogP contribution in [0.5, 0.6) is 5.75 Å². The van der Waals surface area contributed by atoms with E-state index in [1.165, 1.54) is 0 Å². The highest BCUT2D eigenvalue weighted by molar-refractivity contribution is 7.88. The topological polar surface area (TPSA) is 79.0 Å². The summed E-state index contributed by atoms with van der Waals surface area (Å²) >= 11 is 0. The third-order valence-electron chi connectivity index (χ3n) is 3.99. The first kappa shape index (κ1) is 17.7. The highest BCUT2D eigenvalue weighted by Crippen LogP contribution is 2.25. The fourth-order valence-corrected chi connectivity index (χ4v) is 2.98. The minimum atomic E-state index is -3.36. The number of likely N-dealkylation sites (N-methyl/N-ethyl adjacent to an activating group) is 1. The zero-order chi connectivity index (χ0) is 17.0. The number of nitrogens with zero attached hydrogens (tertiary/aromatic N) is 2. The van der Waals surface area contributed by atoms with Gasteiger partial charge in [0.2, 0.25) is 15.9 Å². The molecule has 1 N–H and O–H groups in total. The first-order chi connectivity index (χ1) is 10.8. The molecule has 128 valence electrons. The van der Waals surface area contributed by atoms with Gasteiger partial charge in [-0.25, -0.2) is 13.1 Å². The molecule has 1 heterocycles. The van der Waals surface area contributed by atoms with Gasteiger partial charge in [0.05, 0.1) is 26.0 Å². The Bertz CT molecular complexity index is 645. The average Bonchev–Trinajstić information content (AvgIpc) is 2.52. The zero-order valence-corrected chi connectivity index (χ0v) is 14.5. The summed E-state index contributed by atoms with van der Waals surface area (Å²) in [6.07, 6.45) is 1.05. The fourth-order valence-electron chi connectivity index (χ4n) is 2.59. The van der Waals surface area contributed by atoms with Gasteiger partial charge in [-0.3, -0.25) is 9.69 Å². The molecule has 0 unspecified atom stereocenters. The van der Waals surface area contributed by atoms with Crippen LogP contribution in [0.15, 0.2) is 24.3 Å². The Hall–Kier alpha value is -1.64. The summed E-state index contributed by atoms with van der Waals surface area (Å²) in [6, 6.07) is 7.85. The van der Waals surface area contributed by atoms with Crippen molar-refractivity contribution in [3.8, 4) is 5.75 Å². The molecule has 1 fully saturated rings. The number of piperazine rings is 1. The normalized spacial score (nSPS) is 19.6. The van der Waals surface area contributed by atoms with Crippen LogP contribution >= 0.6 is 0 Å². The number of nitrogens with one attached hydrogen (secondary N) is 1. The van der Waals surface area contributed by atoms with Crippen LogP contribution in [0.1, 0.15) is 11.6 Å². The van der Waals surface area contributed by atoms with E-state index in [1.54, 1.807) is 12.0 Å². The van der Waals surface area contributed by atoms with Crippen molar-refractivity contribution in [1.29, 1.82) is 0 Å². The van der Waals surface area contributed by atoms with Crippen LogP contribution in [0.3, 0.4) is 0 Å². The first-order valence-corrected chi connectivity index (χ1v) is 9.26. The van der Waals surface area contributed by atoms with Gasteiger partial charge in [-0.15, -0.1) is 0 Å². The van der Waals surface area contributed by atoms with E-state index < -0.39 is 10.0 Å². The second-order valence-corrected chi connectivity index (χ2v) is 7.54. The quantitative estimate of drug-likeness (QED) is 0.819. The molecule has 1 atom stereocenters. The fraction of sp³-hybridized carbons (Fsp3) is 0.533. The summed E-state index contributed by atoms with van der Waals surface area (Å²) in [7, 11) is 0.277. The minimum Gasteiger partial charge on any atom is -0.497 e. The molecule has 1 aliphatic heterocycles. The SMILES string of the molecule is COc1ccc([C@@H]2CN(C(=O)CNS(C)(=O)=O)CCN2C)cc1. The van der Waals surface area contributed by atoms with Crippen molar-refractivity contribution < 1.29 is 17.9 Å². The number of ether oxygens (including phenoxy) is 1. The van der Waals surface area contributed by atoms with Gasteiger partial charge in [0.15, 0.2) is 0 Å². The monoisotopic (exact) mass is 341 g/mol. The Morgan fingerprint density at radius 2 is 1.96 bits per heavy atom. The number of benzene rings is 1. The van der Waals surface area contributed by atoms with Gasteiger partial charge in [-0.1, -0.05) is 12.1 Å². The highest BCUT2D eigenvalue weighted by Gasteiger charge is 2.28. The molecule has 1 aromatic rings. The predicted octanol–water partition coefficient (Wildman–Crippen LogP) is 0.0595. The number of methoxy groups -OCH3 is 1. The van der Waals surface area contributed by atoms with Crippen LogP contribution < -0.4 is 9.46 Å². The smallest absolute Gasteiger partial charge is 0.237 e. The Morgan fingerprint density at radius 3 is 2.52 bits per heavy atom. The van der Waals surface area contributed by atoms with Crippen molar-refractivity contribution in [2.24, 2.45) is 0 Å². The van der Waals surface area contributed by atoms with E-state index in [9.17, 15) is 13.2 Å². The molecule has 0 aliphatic carbocycles. The Kier molecular flexibility index (Phi) is 5.61. The van der Waals surface area contributed by atoms with Crippen molar-refractivity contribution in [1.82, 2.24) is 14.5 Å². The Balaban J connectivity index is 2.04. The summed E-state index contributed by atoms with van der Waals surface area (Å²) in [5.41, 5.74) is 1.10. The second-order valence-electron chi connectivity index (χ2n) is 5.70. The lowest BCUT2D eigenvalue weighted by atomic mass is 10.0. The van der Waals surface area contributed by atoms with Gasteiger partial charge in [-0.2, -0.15) is 0 Å². The maximum absolute atomic E-state index is 12.2. The number of amides is 1. The van der Waals surface area contributed by atoms with Crippen LogP contribution in [-0.2, 0) is 14.8 Å². The van der Waals surface area contributed by atoms with E-state index in [4.69, 9.17) is 4.74 Å². The average molecular weight is 341 g/mol. The van der Waals surface area contributed by atoms with Gasteiger partial charge in [0, 0.05) is 19.6 Å². The molecule has 2 rings (SSSR count). The van der Waals surface area contributed by atoms with Crippen molar-refractivity contribution in [3.05, 3.63) is 29.8 Å². The van der Waals surface area contributed by atoms with Crippen LogP contribution in [0.4, 0.5) is 0 Å². The summed E-state index contributed by atoms with van der Waals surface area (Å²) in [6.45, 7) is 1.67. The van der Waals surface area contributed by atoms with Crippen LogP contribution in [0, 0.1) is 0 Å². The van der Waals surface area contributed by atoms with E-state index in [-0.39, 0.29) is 18.5 Å². The van der Waals surface area contributed by atoms with E-state index in [2.05, 4.69) is 9.62 Å². The van der Waals surface area contributed by atoms with Crippen molar-refractivity contribution in [2.75, 3.05) is 46.6 Å². The minimum absolute atomic E-state index is 0.0804. The molecule has 8 heteroatoms. The Morgan fingerprint density at radius 1 is 1.30 bits per heavy atom. The van der Waals surface area contributed by atoms with E-state index in [1.807, 2.05) is 31.3 Å². The van der Waals surface area contributed by atoms with Gasteiger partial charge in [0.1, 0.15) is 5.75 Å². The molecule has 0 aromatic heterocycles. The van der Waals surface area contributed by atoms with Gasteiger partial charge in [0.25, 0.3) is 0 Å². The number of carbonyl (C=O) groups excluding carboxylic acids is 1. The van der Waals surface area contributed by atoms with E-state index >= 15 is 0 Å². The van der Waals surface area contributed by atoms with Gasteiger partial charge < -0.3 is 9.64 Å². The van der Waals surface area contributed by atoms with Crippen LogP contribution in [0.2, 0.25) is 0 Å². The summed E-state index contributed by atoms with van der Waals surface area (Å²) in [5, 5.41) is 0. The molecular weight excluding hydrogens is 318 g/mol. The van der Waals surface area contributed by atoms with E-state index in [0.29, 0.717) is 13.1 Å². The predicted molar refractivity (Wildman–Crippen MR) is 87.8 cm³/mol. The van der Waals surface area contributed by atoms with Gasteiger partial charge >= 0.3 is 0 Å². The number of hydrogen-bond donors (Lipinski definition) is 1. The summed E-state index contributed by atoms with van der Waals surface area (Å²) in [5.74, 6) is 0.583. The molecule has 1 amide bonds. The maximum Gasteiger partial charge on any atom is 0.237 e. The Labute approximate surface area is 137 Å². The second kappa shape index (κ2) is 7.29.